The van der Waals surface area contributed by atoms with Gasteiger partial charge in [0.1, 0.15) is 17.9 Å². The van der Waals surface area contributed by atoms with E-state index in [2.05, 4.69) is 5.32 Å². The van der Waals surface area contributed by atoms with Crippen molar-refractivity contribution >= 4 is 46.1 Å². The van der Waals surface area contributed by atoms with Gasteiger partial charge in [-0.25, -0.2) is 9.69 Å². The average molecular weight is 508 g/mol. The number of nitro benzene ring substituents is 1. The highest BCUT2D eigenvalue weighted by Gasteiger charge is 2.37. The lowest BCUT2D eigenvalue weighted by molar-refractivity contribution is -0.384. The first-order chi connectivity index (χ1) is 18.3. The number of non-ortho nitro benzene ring substituents is 1. The Balaban J connectivity index is 1.47. The molecule has 0 atom stereocenters. The van der Waals surface area contributed by atoms with Crippen molar-refractivity contribution in [1.29, 1.82) is 0 Å². The van der Waals surface area contributed by atoms with Gasteiger partial charge in [-0.05, 0) is 41.5 Å². The molecule has 0 radical (unpaired) electrons. The molecule has 1 N–H and O–H groups in total. The SMILES string of the molecule is Cc1ccc2ccccc2c1COc1ccccc1/C=C1\C(=O)NC(=O)N(c2cccc([N+](=O)[O-])c2)C1=O. The van der Waals surface area contributed by atoms with Crippen molar-refractivity contribution in [2.24, 2.45) is 0 Å². The maximum absolute atomic E-state index is 13.3. The van der Waals surface area contributed by atoms with Crippen LogP contribution in [-0.2, 0) is 16.2 Å². The van der Waals surface area contributed by atoms with E-state index in [4.69, 9.17) is 4.74 Å². The summed E-state index contributed by atoms with van der Waals surface area (Å²) in [5.41, 5.74) is 1.89. The second-order valence-corrected chi connectivity index (χ2v) is 8.64. The summed E-state index contributed by atoms with van der Waals surface area (Å²) in [6.07, 6.45) is 1.35. The molecule has 4 aromatic rings. The Bertz CT molecular complexity index is 1660. The number of nitrogens with one attached hydrogen (secondary N) is 1. The number of barbiturate groups is 1. The largest absolute Gasteiger partial charge is 0.488 e. The van der Waals surface area contributed by atoms with E-state index >= 15 is 0 Å². The van der Waals surface area contributed by atoms with Crippen LogP contribution in [0.1, 0.15) is 16.7 Å². The molecule has 188 valence electrons. The summed E-state index contributed by atoms with van der Waals surface area (Å²) in [7, 11) is 0. The van der Waals surface area contributed by atoms with Crippen LogP contribution < -0.4 is 15.0 Å². The highest BCUT2D eigenvalue weighted by atomic mass is 16.6. The number of benzene rings is 4. The highest BCUT2D eigenvalue weighted by Crippen LogP contribution is 2.29. The van der Waals surface area contributed by atoms with Gasteiger partial charge in [0, 0.05) is 23.3 Å². The number of carbonyl (C=O) groups is 3. The minimum absolute atomic E-state index is 0.0314. The van der Waals surface area contributed by atoms with E-state index in [1.807, 2.05) is 43.3 Å². The average Bonchev–Trinajstić information content (AvgIpc) is 2.91. The first kappa shape index (κ1) is 24.4. The topological polar surface area (TPSA) is 119 Å². The fraction of sp³-hybridized carbons (Fsp3) is 0.0690. The molecule has 9 heteroatoms. The second-order valence-electron chi connectivity index (χ2n) is 8.64. The molecule has 0 unspecified atom stereocenters. The molecule has 38 heavy (non-hydrogen) atoms. The third-order valence-corrected chi connectivity index (χ3v) is 6.27. The molecule has 9 nitrogen and oxygen atoms in total. The summed E-state index contributed by atoms with van der Waals surface area (Å²) in [5, 5.41) is 15.5. The molecule has 1 fully saturated rings. The fourth-order valence-electron chi connectivity index (χ4n) is 4.31. The maximum Gasteiger partial charge on any atom is 0.335 e. The van der Waals surface area contributed by atoms with E-state index in [9.17, 15) is 24.5 Å². The van der Waals surface area contributed by atoms with Crippen molar-refractivity contribution < 1.29 is 24.0 Å². The van der Waals surface area contributed by atoms with Crippen LogP contribution in [0.15, 0.2) is 90.5 Å². The molecule has 1 heterocycles. The second kappa shape index (κ2) is 9.98. The lowest BCUT2D eigenvalue weighted by Gasteiger charge is -2.26. The van der Waals surface area contributed by atoms with Crippen LogP contribution in [0.4, 0.5) is 16.2 Å². The van der Waals surface area contributed by atoms with Crippen molar-refractivity contribution in [1.82, 2.24) is 5.32 Å². The van der Waals surface area contributed by atoms with Crippen molar-refractivity contribution in [3.8, 4) is 5.75 Å². The van der Waals surface area contributed by atoms with Gasteiger partial charge in [0.25, 0.3) is 17.5 Å². The molecular weight excluding hydrogens is 486 g/mol. The van der Waals surface area contributed by atoms with Gasteiger partial charge in [0.2, 0.25) is 0 Å². The number of nitro groups is 1. The number of nitrogens with zero attached hydrogens (tertiary/aromatic N) is 2. The molecule has 1 saturated heterocycles. The number of rotatable bonds is 6. The van der Waals surface area contributed by atoms with Crippen molar-refractivity contribution in [3.05, 3.63) is 117 Å². The summed E-state index contributed by atoms with van der Waals surface area (Å²) in [4.78, 5) is 49.7. The van der Waals surface area contributed by atoms with Gasteiger partial charge in [0.05, 0.1) is 10.6 Å². The van der Waals surface area contributed by atoms with Gasteiger partial charge >= 0.3 is 6.03 Å². The minimum Gasteiger partial charge on any atom is -0.488 e. The Hall–Kier alpha value is -5.31. The van der Waals surface area contributed by atoms with Crippen molar-refractivity contribution in [2.75, 3.05) is 4.90 Å². The summed E-state index contributed by atoms with van der Waals surface area (Å²) in [5.74, 6) is -1.34. The molecular formula is C29H21N3O6. The predicted octanol–water partition coefficient (Wildman–Crippen LogP) is 5.30. The number of imide groups is 2. The number of fused-ring (bicyclic) bond motifs is 1. The Morgan fingerprint density at radius 1 is 0.947 bits per heavy atom. The number of urea groups is 1. The summed E-state index contributed by atoms with van der Waals surface area (Å²) >= 11 is 0. The van der Waals surface area contributed by atoms with E-state index in [1.54, 1.807) is 24.3 Å². The van der Waals surface area contributed by atoms with Crippen LogP contribution in [0, 0.1) is 17.0 Å². The third kappa shape index (κ3) is 4.60. The molecule has 5 rings (SSSR count). The molecule has 4 amide bonds. The zero-order valence-corrected chi connectivity index (χ0v) is 20.2. The molecule has 0 bridgehead atoms. The molecule has 0 saturated carbocycles. The molecule has 0 aromatic heterocycles. The lowest BCUT2D eigenvalue weighted by Crippen LogP contribution is -2.54. The summed E-state index contributed by atoms with van der Waals surface area (Å²) < 4.78 is 6.16. The normalized spacial score (nSPS) is 14.6. The van der Waals surface area contributed by atoms with Gasteiger partial charge in [0.15, 0.2) is 0 Å². The first-order valence-corrected chi connectivity index (χ1v) is 11.7. The standard InChI is InChI=1S/C29H21N3O6/c1-18-13-14-19-7-2-4-11-23(19)25(18)17-38-26-12-5-3-8-20(26)15-24-27(33)30-29(35)31(28(24)34)21-9-6-10-22(16-21)32(36)37/h2-16H,17H2,1H3,(H,30,33,35)/b24-15+. The summed E-state index contributed by atoms with van der Waals surface area (Å²) in [6, 6.07) is 23.0. The number of ether oxygens (including phenoxy) is 1. The zero-order valence-electron chi connectivity index (χ0n) is 20.2. The van der Waals surface area contributed by atoms with E-state index in [-0.39, 0.29) is 23.6 Å². The quantitative estimate of drug-likeness (QED) is 0.164. The predicted molar refractivity (Wildman–Crippen MR) is 142 cm³/mol. The van der Waals surface area contributed by atoms with Crippen LogP contribution >= 0.6 is 0 Å². The Morgan fingerprint density at radius 3 is 2.53 bits per heavy atom. The molecule has 1 aliphatic heterocycles. The van der Waals surface area contributed by atoms with Gasteiger partial charge in [-0.15, -0.1) is 0 Å². The number of para-hydroxylation sites is 1. The van der Waals surface area contributed by atoms with E-state index in [0.717, 1.165) is 28.0 Å². The van der Waals surface area contributed by atoms with Gasteiger partial charge in [-0.2, -0.15) is 0 Å². The number of aryl methyl sites for hydroxylation is 1. The number of anilines is 1. The molecule has 0 aliphatic carbocycles. The van der Waals surface area contributed by atoms with Crippen LogP contribution in [0.25, 0.3) is 16.8 Å². The lowest BCUT2D eigenvalue weighted by atomic mass is 10.0. The number of carbonyl (C=O) groups excluding carboxylic acids is 3. The van der Waals surface area contributed by atoms with E-state index in [1.165, 1.54) is 24.3 Å². The van der Waals surface area contributed by atoms with E-state index in [0.29, 0.717) is 16.2 Å². The fourth-order valence-corrected chi connectivity index (χ4v) is 4.31. The zero-order chi connectivity index (χ0) is 26.8. The summed E-state index contributed by atoms with van der Waals surface area (Å²) in [6.45, 7) is 2.26. The maximum atomic E-state index is 13.3. The van der Waals surface area contributed by atoms with Crippen molar-refractivity contribution in [3.63, 3.8) is 0 Å². The highest BCUT2D eigenvalue weighted by molar-refractivity contribution is 6.39. The Labute approximate surface area is 217 Å². The smallest absolute Gasteiger partial charge is 0.335 e. The molecule has 4 aromatic carbocycles. The van der Waals surface area contributed by atoms with Crippen LogP contribution in [-0.4, -0.2) is 22.8 Å². The Morgan fingerprint density at radius 2 is 1.71 bits per heavy atom. The van der Waals surface area contributed by atoms with Crippen LogP contribution in [0.5, 0.6) is 5.75 Å². The van der Waals surface area contributed by atoms with Gasteiger partial charge < -0.3 is 4.74 Å². The molecule has 0 spiro atoms. The van der Waals surface area contributed by atoms with Crippen LogP contribution in [0.3, 0.4) is 0 Å². The van der Waals surface area contributed by atoms with Gasteiger partial charge in [-0.3, -0.25) is 25.0 Å². The number of amides is 4. The Kier molecular flexibility index (Phi) is 6.40. The monoisotopic (exact) mass is 507 g/mol. The van der Waals surface area contributed by atoms with Crippen LogP contribution in [0.2, 0.25) is 0 Å². The van der Waals surface area contributed by atoms with Gasteiger partial charge in [-0.1, -0.05) is 60.7 Å². The third-order valence-electron chi connectivity index (χ3n) is 6.27. The van der Waals surface area contributed by atoms with E-state index < -0.39 is 22.8 Å². The number of hydrogen-bond donors (Lipinski definition) is 1. The first-order valence-electron chi connectivity index (χ1n) is 11.7. The minimum atomic E-state index is -0.992. The molecule has 1 aliphatic rings. The number of hydrogen-bond acceptors (Lipinski definition) is 6. The van der Waals surface area contributed by atoms with Crippen molar-refractivity contribution in [2.45, 2.75) is 13.5 Å².